The Morgan fingerprint density at radius 1 is 1.07 bits per heavy atom. The van der Waals surface area contributed by atoms with Gasteiger partial charge in [-0.1, -0.05) is 12.1 Å². The number of urea groups is 1. The Kier molecular flexibility index (Phi) is 5.71. The van der Waals surface area contributed by atoms with Crippen molar-refractivity contribution < 1.29 is 18.0 Å². The van der Waals surface area contributed by atoms with Crippen LogP contribution in [0, 0.1) is 6.92 Å². The molecule has 0 aliphatic heterocycles. The number of thioether (sulfide) groups is 1. The molecule has 140 valence electrons. The average Bonchev–Trinajstić information content (AvgIpc) is 3.02. The van der Waals surface area contributed by atoms with Gasteiger partial charge < -0.3 is 10.6 Å². The van der Waals surface area contributed by atoms with Gasteiger partial charge in [0.15, 0.2) is 0 Å². The third-order valence-electron chi connectivity index (χ3n) is 3.38. The van der Waals surface area contributed by atoms with Gasteiger partial charge in [0.25, 0.3) is 0 Å². The number of benzene rings is 2. The Morgan fingerprint density at radius 2 is 1.78 bits per heavy atom. The van der Waals surface area contributed by atoms with E-state index < -0.39 is 11.5 Å². The minimum Gasteiger partial charge on any atom is -0.308 e. The van der Waals surface area contributed by atoms with Crippen LogP contribution in [0.2, 0.25) is 0 Å². The fraction of sp³-hybridized carbons (Fsp3) is 0.111. The number of thiazole rings is 1. The van der Waals surface area contributed by atoms with E-state index in [4.69, 9.17) is 0 Å². The summed E-state index contributed by atoms with van der Waals surface area (Å²) in [6.45, 7) is 1.92. The molecular formula is C18H14F3N3OS2. The maximum absolute atomic E-state index is 12.3. The number of aryl methyl sites for hydroxylation is 1. The maximum atomic E-state index is 12.3. The van der Waals surface area contributed by atoms with Crippen molar-refractivity contribution in [3.05, 3.63) is 58.9 Å². The highest BCUT2D eigenvalue weighted by atomic mass is 32.2. The van der Waals surface area contributed by atoms with E-state index >= 15 is 0 Å². The molecule has 0 saturated heterocycles. The van der Waals surface area contributed by atoms with Gasteiger partial charge in [0.05, 0.1) is 10.7 Å². The fourth-order valence-electron chi connectivity index (χ4n) is 2.29. The first kappa shape index (κ1) is 19.2. The molecule has 9 heteroatoms. The van der Waals surface area contributed by atoms with Crippen molar-refractivity contribution in [1.82, 2.24) is 4.98 Å². The van der Waals surface area contributed by atoms with E-state index in [1.807, 2.05) is 24.4 Å². The lowest BCUT2D eigenvalue weighted by atomic mass is 10.1. The monoisotopic (exact) mass is 409 g/mol. The lowest BCUT2D eigenvalue weighted by molar-refractivity contribution is -0.0328. The van der Waals surface area contributed by atoms with E-state index in [0.29, 0.717) is 11.4 Å². The van der Waals surface area contributed by atoms with Crippen LogP contribution in [0.4, 0.5) is 29.3 Å². The average molecular weight is 409 g/mol. The molecular weight excluding hydrogens is 395 g/mol. The van der Waals surface area contributed by atoms with Gasteiger partial charge >= 0.3 is 11.5 Å². The first-order valence-corrected chi connectivity index (χ1v) is 9.44. The Labute approximate surface area is 161 Å². The highest BCUT2D eigenvalue weighted by molar-refractivity contribution is 8.00. The number of amides is 2. The van der Waals surface area contributed by atoms with E-state index in [0.717, 1.165) is 16.3 Å². The molecule has 1 aromatic heterocycles. The molecule has 2 amide bonds. The van der Waals surface area contributed by atoms with Crippen LogP contribution in [0.3, 0.4) is 0 Å². The van der Waals surface area contributed by atoms with Crippen molar-refractivity contribution in [2.24, 2.45) is 0 Å². The highest BCUT2D eigenvalue weighted by Crippen LogP contribution is 2.37. The smallest absolute Gasteiger partial charge is 0.308 e. The van der Waals surface area contributed by atoms with E-state index in [9.17, 15) is 18.0 Å². The Hall–Kier alpha value is -2.52. The Bertz CT molecular complexity index is 940. The fourth-order valence-corrected chi connectivity index (χ4v) is 3.45. The van der Waals surface area contributed by atoms with Crippen molar-refractivity contribution in [2.75, 3.05) is 10.6 Å². The molecule has 0 bridgehead atoms. The molecule has 3 aromatic rings. The summed E-state index contributed by atoms with van der Waals surface area (Å²) in [5, 5.41) is 8.18. The lowest BCUT2D eigenvalue weighted by Crippen LogP contribution is -2.19. The van der Waals surface area contributed by atoms with Crippen molar-refractivity contribution in [2.45, 2.75) is 17.3 Å². The van der Waals surface area contributed by atoms with Gasteiger partial charge in [-0.2, -0.15) is 13.2 Å². The van der Waals surface area contributed by atoms with Gasteiger partial charge in [-0.15, -0.1) is 11.3 Å². The van der Waals surface area contributed by atoms with Crippen LogP contribution in [-0.4, -0.2) is 16.5 Å². The number of anilines is 2. The minimum atomic E-state index is -4.34. The Balaban J connectivity index is 1.62. The van der Waals surface area contributed by atoms with Crippen molar-refractivity contribution in [1.29, 1.82) is 0 Å². The van der Waals surface area contributed by atoms with Crippen LogP contribution in [-0.2, 0) is 0 Å². The normalized spacial score (nSPS) is 11.3. The SMILES string of the molecule is Cc1nc(-c2cccc(NC(=O)Nc3ccc(SC(F)(F)F)cc3)c2)cs1. The van der Waals surface area contributed by atoms with Crippen LogP contribution in [0.25, 0.3) is 11.3 Å². The number of aromatic nitrogens is 1. The van der Waals surface area contributed by atoms with E-state index in [1.165, 1.54) is 24.3 Å². The minimum absolute atomic E-state index is 0.0553. The van der Waals surface area contributed by atoms with Crippen LogP contribution in [0.1, 0.15) is 5.01 Å². The Morgan fingerprint density at radius 3 is 2.41 bits per heavy atom. The number of hydrogen-bond acceptors (Lipinski definition) is 4. The van der Waals surface area contributed by atoms with Gasteiger partial charge in [0, 0.05) is 27.2 Å². The molecule has 0 saturated carbocycles. The first-order valence-electron chi connectivity index (χ1n) is 7.75. The summed E-state index contributed by atoms with van der Waals surface area (Å²) >= 11 is 1.34. The summed E-state index contributed by atoms with van der Waals surface area (Å²) in [4.78, 5) is 16.6. The molecule has 27 heavy (non-hydrogen) atoms. The molecule has 0 atom stereocenters. The molecule has 3 rings (SSSR count). The topological polar surface area (TPSA) is 54.0 Å². The number of rotatable bonds is 4. The van der Waals surface area contributed by atoms with Gasteiger partial charge in [0.1, 0.15) is 0 Å². The lowest BCUT2D eigenvalue weighted by Gasteiger charge is -2.10. The van der Waals surface area contributed by atoms with Crippen molar-refractivity contribution >= 4 is 40.5 Å². The number of carbonyl (C=O) groups is 1. The van der Waals surface area contributed by atoms with Crippen molar-refractivity contribution in [3.8, 4) is 11.3 Å². The number of hydrogen-bond donors (Lipinski definition) is 2. The molecule has 0 unspecified atom stereocenters. The van der Waals surface area contributed by atoms with Crippen LogP contribution in [0.15, 0.2) is 58.8 Å². The van der Waals surface area contributed by atoms with Gasteiger partial charge in [0.2, 0.25) is 0 Å². The molecule has 4 nitrogen and oxygen atoms in total. The van der Waals surface area contributed by atoms with Crippen LogP contribution < -0.4 is 10.6 Å². The van der Waals surface area contributed by atoms with E-state index in [2.05, 4.69) is 15.6 Å². The first-order chi connectivity index (χ1) is 12.8. The molecule has 1 heterocycles. The van der Waals surface area contributed by atoms with Gasteiger partial charge in [-0.25, -0.2) is 9.78 Å². The number of alkyl halides is 3. The number of halogens is 3. The molecule has 2 N–H and O–H groups in total. The molecule has 0 spiro atoms. The van der Waals surface area contributed by atoms with Crippen LogP contribution in [0.5, 0.6) is 0 Å². The quantitative estimate of drug-likeness (QED) is 0.492. The third kappa shape index (κ3) is 5.73. The summed E-state index contributed by atoms with van der Waals surface area (Å²) in [5.74, 6) is 0. The zero-order valence-corrected chi connectivity index (χ0v) is 15.6. The largest absolute Gasteiger partial charge is 0.446 e. The number of carbonyl (C=O) groups excluding carboxylic acids is 1. The van der Waals surface area contributed by atoms with Gasteiger partial charge in [-0.3, -0.25) is 0 Å². The molecule has 0 fully saturated rings. The summed E-state index contributed by atoms with van der Waals surface area (Å²) < 4.78 is 37.0. The summed E-state index contributed by atoms with van der Waals surface area (Å²) in [6.07, 6.45) is 0. The maximum Gasteiger partial charge on any atom is 0.446 e. The second-order valence-electron chi connectivity index (χ2n) is 5.48. The molecule has 2 aromatic carbocycles. The zero-order valence-electron chi connectivity index (χ0n) is 14.0. The summed E-state index contributed by atoms with van der Waals surface area (Å²) in [6, 6.07) is 12.2. The second kappa shape index (κ2) is 8.01. The van der Waals surface area contributed by atoms with E-state index in [-0.39, 0.29) is 16.7 Å². The third-order valence-corrected chi connectivity index (χ3v) is 4.89. The molecule has 0 radical (unpaired) electrons. The summed E-state index contributed by atoms with van der Waals surface area (Å²) in [7, 11) is 0. The standard InChI is InChI=1S/C18H14F3N3OS2/c1-11-22-16(10-26-11)12-3-2-4-14(9-12)24-17(25)23-13-5-7-15(8-6-13)27-18(19,20)21/h2-10H,1H3,(H2,23,24,25). The molecule has 0 aliphatic carbocycles. The molecule has 0 aliphatic rings. The number of nitrogens with one attached hydrogen (secondary N) is 2. The van der Waals surface area contributed by atoms with E-state index in [1.54, 1.807) is 23.5 Å². The van der Waals surface area contributed by atoms with Crippen LogP contribution >= 0.6 is 23.1 Å². The van der Waals surface area contributed by atoms with Gasteiger partial charge in [-0.05, 0) is 55.1 Å². The number of nitrogens with zero attached hydrogens (tertiary/aromatic N) is 1. The highest BCUT2D eigenvalue weighted by Gasteiger charge is 2.29. The predicted molar refractivity (Wildman–Crippen MR) is 103 cm³/mol. The summed E-state index contributed by atoms with van der Waals surface area (Å²) in [5.41, 5.74) is -1.65. The second-order valence-corrected chi connectivity index (χ2v) is 7.68. The zero-order chi connectivity index (χ0) is 19.4. The predicted octanol–water partition coefficient (Wildman–Crippen LogP) is 6.37. The van der Waals surface area contributed by atoms with Crippen molar-refractivity contribution in [3.63, 3.8) is 0 Å².